The summed E-state index contributed by atoms with van der Waals surface area (Å²) < 4.78 is 2.11. The van der Waals surface area contributed by atoms with Gasteiger partial charge in [-0.25, -0.2) is 14.8 Å². The zero-order valence-corrected chi connectivity index (χ0v) is 30.9. The van der Waals surface area contributed by atoms with Crippen LogP contribution in [0.4, 0.5) is 16.3 Å². The van der Waals surface area contributed by atoms with Crippen LogP contribution >= 0.6 is 23.2 Å². The third kappa shape index (κ3) is 7.09. The Bertz CT molecular complexity index is 2260. The summed E-state index contributed by atoms with van der Waals surface area (Å²) in [6, 6.07) is 27.2. The minimum Gasteiger partial charge on any atom is -0.351 e. The first-order valence-electron chi connectivity index (χ1n) is 18.1. The maximum atomic E-state index is 14.6. The monoisotopic (exact) mass is 746 g/mol. The van der Waals surface area contributed by atoms with Crippen molar-refractivity contribution in [3.8, 4) is 22.5 Å². The highest BCUT2D eigenvalue weighted by molar-refractivity contribution is 6.31. The number of H-pyrrole nitrogens is 1. The standard InChI is InChI=1S/C41H40Cl2N8O2/c1-26(27-13-15-29(42)16-14-27)51-25-45-36(28-8-3-2-4-9-28)38(51)35-32-18-17-30(43)24-34(32)47-37(35)40(52)48-33-12-7-19-44-39(33)49-20-22-50(23-21-49)41(53)46-31-10-5-6-11-31/h2-4,7-9,12-19,24-26,31,47H,5-6,10-11,20-23H2,1H3,(H,46,53)(H,48,52)/t26-/m0/s1. The molecule has 8 rings (SSSR count). The first-order valence-corrected chi connectivity index (χ1v) is 18.9. The summed E-state index contributed by atoms with van der Waals surface area (Å²) >= 11 is 12.8. The summed E-state index contributed by atoms with van der Waals surface area (Å²) in [7, 11) is 0. The number of rotatable bonds is 8. The molecule has 53 heavy (non-hydrogen) atoms. The summed E-state index contributed by atoms with van der Waals surface area (Å²) in [5, 5.41) is 8.43. The van der Waals surface area contributed by atoms with Gasteiger partial charge in [-0.1, -0.05) is 84.6 Å². The molecule has 0 spiro atoms. The van der Waals surface area contributed by atoms with E-state index in [9.17, 15) is 9.59 Å². The lowest BCUT2D eigenvalue weighted by molar-refractivity contribution is 0.102. The summed E-state index contributed by atoms with van der Waals surface area (Å²) in [6.45, 7) is 4.42. The second kappa shape index (κ2) is 15.0. The van der Waals surface area contributed by atoms with Crippen molar-refractivity contribution >= 4 is 57.5 Å². The van der Waals surface area contributed by atoms with Gasteiger partial charge in [-0.05, 0) is 61.7 Å². The lowest BCUT2D eigenvalue weighted by Crippen LogP contribution is -2.53. The van der Waals surface area contributed by atoms with Crippen LogP contribution in [0.5, 0.6) is 0 Å². The minimum atomic E-state index is -0.331. The normalized spacial score (nSPS) is 15.5. The Hall–Kier alpha value is -5.32. The van der Waals surface area contributed by atoms with E-state index in [0.717, 1.165) is 46.3 Å². The van der Waals surface area contributed by atoms with Gasteiger partial charge in [0.15, 0.2) is 5.82 Å². The number of anilines is 2. The highest BCUT2D eigenvalue weighted by atomic mass is 35.5. The van der Waals surface area contributed by atoms with Gasteiger partial charge in [-0.3, -0.25) is 4.79 Å². The van der Waals surface area contributed by atoms with E-state index in [4.69, 9.17) is 33.2 Å². The second-order valence-corrected chi connectivity index (χ2v) is 14.6. The molecule has 0 radical (unpaired) electrons. The Labute approximate surface area is 318 Å². The van der Waals surface area contributed by atoms with E-state index in [1.54, 1.807) is 6.20 Å². The van der Waals surface area contributed by atoms with E-state index in [0.29, 0.717) is 59.0 Å². The molecule has 1 saturated heterocycles. The van der Waals surface area contributed by atoms with Crippen LogP contribution in [-0.2, 0) is 0 Å². The molecule has 6 aromatic rings. The predicted octanol–water partition coefficient (Wildman–Crippen LogP) is 9.04. The number of imidazole rings is 1. The number of carbonyl (C=O) groups excluding carboxylic acids is 2. The summed E-state index contributed by atoms with van der Waals surface area (Å²) in [6.07, 6.45) is 7.99. The topological polar surface area (TPSA) is 111 Å². The number of aromatic nitrogens is 4. The van der Waals surface area contributed by atoms with Crippen LogP contribution in [0.3, 0.4) is 0 Å². The van der Waals surface area contributed by atoms with E-state index in [2.05, 4.69) is 32.0 Å². The van der Waals surface area contributed by atoms with E-state index in [1.807, 2.05) is 96.2 Å². The highest BCUT2D eigenvalue weighted by Crippen LogP contribution is 2.42. The number of halogens is 2. The Kier molecular flexibility index (Phi) is 9.81. The summed E-state index contributed by atoms with van der Waals surface area (Å²) in [5.41, 5.74) is 5.87. The molecule has 4 heterocycles. The van der Waals surface area contributed by atoms with Crippen LogP contribution in [0.2, 0.25) is 10.0 Å². The number of pyridine rings is 1. The molecule has 0 bridgehead atoms. The van der Waals surface area contributed by atoms with E-state index in [-0.39, 0.29) is 24.0 Å². The van der Waals surface area contributed by atoms with Gasteiger partial charge >= 0.3 is 6.03 Å². The number of amides is 3. The molecule has 1 atom stereocenters. The van der Waals surface area contributed by atoms with Crippen molar-refractivity contribution in [2.24, 2.45) is 0 Å². The van der Waals surface area contributed by atoms with Crippen molar-refractivity contribution in [3.05, 3.63) is 119 Å². The SMILES string of the molecule is C[C@@H](c1ccc(Cl)cc1)n1cnc(-c2ccccc2)c1-c1c(C(=O)Nc2cccnc2N2CCN(C(=O)NC3CCCC3)CC2)[nH]c2cc(Cl)ccc12. The number of piperazine rings is 1. The number of nitrogens with one attached hydrogen (secondary N) is 3. The molecule has 2 aliphatic rings. The Morgan fingerprint density at radius 1 is 0.868 bits per heavy atom. The van der Waals surface area contributed by atoms with E-state index < -0.39 is 0 Å². The van der Waals surface area contributed by atoms with Gasteiger partial charge in [0, 0.05) is 70.5 Å². The molecule has 2 fully saturated rings. The van der Waals surface area contributed by atoms with Gasteiger partial charge in [0.05, 0.1) is 29.4 Å². The molecular weight excluding hydrogens is 707 g/mol. The summed E-state index contributed by atoms with van der Waals surface area (Å²) in [5.74, 6) is 0.325. The molecule has 270 valence electrons. The van der Waals surface area contributed by atoms with Gasteiger partial charge in [0.25, 0.3) is 5.91 Å². The van der Waals surface area contributed by atoms with Crippen molar-refractivity contribution < 1.29 is 9.59 Å². The molecule has 10 nitrogen and oxygen atoms in total. The fraction of sp³-hybridized carbons (Fsp3) is 0.268. The van der Waals surface area contributed by atoms with Gasteiger partial charge in [-0.2, -0.15) is 0 Å². The maximum absolute atomic E-state index is 14.6. The quantitative estimate of drug-likeness (QED) is 0.144. The highest BCUT2D eigenvalue weighted by Gasteiger charge is 2.30. The fourth-order valence-corrected chi connectivity index (χ4v) is 7.88. The fourth-order valence-electron chi connectivity index (χ4n) is 7.59. The van der Waals surface area contributed by atoms with Crippen LogP contribution in [0.1, 0.15) is 54.7 Å². The number of nitrogens with zero attached hydrogens (tertiary/aromatic N) is 5. The second-order valence-electron chi connectivity index (χ2n) is 13.7. The Balaban J connectivity index is 1.15. The van der Waals surface area contributed by atoms with Crippen LogP contribution < -0.4 is 15.5 Å². The smallest absolute Gasteiger partial charge is 0.317 e. The zero-order chi connectivity index (χ0) is 36.5. The van der Waals surface area contributed by atoms with Crippen molar-refractivity contribution in [2.45, 2.75) is 44.7 Å². The average Bonchev–Trinajstić information content (AvgIpc) is 3.94. The molecular formula is C41H40Cl2N8O2. The van der Waals surface area contributed by atoms with Crippen molar-refractivity contribution in [1.29, 1.82) is 0 Å². The first-order chi connectivity index (χ1) is 25.8. The molecule has 12 heteroatoms. The number of urea groups is 1. The maximum Gasteiger partial charge on any atom is 0.317 e. The van der Waals surface area contributed by atoms with Crippen LogP contribution in [0, 0.1) is 0 Å². The third-order valence-electron chi connectivity index (χ3n) is 10.4. The Morgan fingerprint density at radius 3 is 2.36 bits per heavy atom. The van der Waals surface area contributed by atoms with Crippen molar-refractivity contribution in [2.75, 3.05) is 36.4 Å². The van der Waals surface area contributed by atoms with Crippen molar-refractivity contribution in [1.82, 2.24) is 29.7 Å². The number of fused-ring (bicyclic) bond motifs is 1. The number of carbonyl (C=O) groups is 2. The number of hydrogen-bond acceptors (Lipinski definition) is 5. The molecule has 3 aromatic carbocycles. The molecule has 1 aliphatic carbocycles. The lowest BCUT2D eigenvalue weighted by atomic mass is 9.99. The first kappa shape index (κ1) is 34.7. The summed E-state index contributed by atoms with van der Waals surface area (Å²) in [4.78, 5) is 44.7. The zero-order valence-electron chi connectivity index (χ0n) is 29.4. The van der Waals surface area contributed by atoms with Crippen LogP contribution in [0.15, 0.2) is 97.5 Å². The average molecular weight is 748 g/mol. The molecule has 3 N–H and O–H groups in total. The van der Waals surface area contributed by atoms with E-state index >= 15 is 0 Å². The third-order valence-corrected chi connectivity index (χ3v) is 10.9. The van der Waals surface area contributed by atoms with Gasteiger partial charge in [0.1, 0.15) is 5.69 Å². The number of aromatic amines is 1. The van der Waals surface area contributed by atoms with Gasteiger partial charge in [-0.15, -0.1) is 0 Å². The minimum absolute atomic E-state index is 0.00275. The van der Waals surface area contributed by atoms with Gasteiger partial charge in [0.2, 0.25) is 0 Å². The van der Waals surface area contributed by atoms with Crippen LogP contribution in [0.25, 0.3) is 33.4 Å². The molecule has 0 unspecified atom stereocenters. The van der Waals surface area contributed by atoms with E-state index in [1.165, 1.54) is 12.8 Å². The van der Waals surface area contributed by atoms with Gasteiger partial charge < -0.3 is 30.0 Å². The van der Waals surface area contributed by atoms with Crippen molar-refractivity contribution in [3.63, 3.8) is 0 Å². The molecule has 3 aromatic heterocycles. The van der Waals surface area contributed by atoms with Crippen LogP contribution in [-0.4, -0.2) is 68.6 Å². The molecule has 1 aliphatic heterocycles. The molecule has 3 amide bonds. The predicted molar refractivity (Wildman–Crippen MR) is 212 cm³/mol. The lowest BCUT2D eigenvalue weighted by Gasteiger charge is -2.36. The number of benzene rings is 3. The number of hydrogen-bond donors (Lipinski definition) is 3. The largest absolute Gasteiger partial charge is 0.351 e. The Morgan fingerprint density at radius 2 is 1.60 bits per heavy atom. The molecule has 1 saturated carbocycles.